The molecule has 178 valence electrons. The molecule has 0 saturated heterocycles. The molecule has 0 amide bonds. The quantitative estimate of drug-likeness (QED) is 0.0867. The van der Waals surface area contributed by atoms with Crippen molar-refractivity contribution in [3.63, 3.8) is 0 Å². The van der Waals surface area contributed by atoms with Gasteiger partial charge in [-0.15, -0.1) is 0 Å². The number of carbonyl (C=O) groups excluding carboxylic acids is 1. The van der Waals surface area contributed by atoms with Gasteiger partial charge in [-0.25, -0.2) is 17.6 Å². The normalized spacial score (nSPS) is 8.55. The summed E-state index contributed by atoms with van der Waals surface area (Å²) in [5.41, 5.74) is 0. The van der Waals surface area contributed by atoms with Crippen molar-refractivity contribution in [1.29, 1.82) is 0 Å². The molecule has 0 fully saturated rings. The summed E-state index contributed by atoms with van der Waals surface area (Å²) in [6.45, 7) is 0.179. The first kappa shape index (κ1) is 43.4. The van der Waals surface area contributed by atoms with Crippen LogP contribution in [0.3, 0.4) is 0 Å². The van der Waals surface area contributed by atoms with Crippen molar-refractivity contribution in [2.75, 3.05) is 22.6 Å². The maximum Gasteiger partial charge on any atom is 1.00 e. The smallest absolute Gasteiger partial charge is 1.00 e. The van der Waals surface area contributed by atoms with Crippen molar-refractivity contribution in [1.82, 2.24) is 0 Å². The standard InChI is InChI=1S/C8H6BrF2IO.C6H3F2IO.C2H4Br2.CH2O3.2K.H/c9-1-2-13-8-6(11)3-5(10)4-7(8)12;7-3-1-4(8)6(10)5(9)2-3;3-1-2-4;2-1-4-3;;;/h3-4H,1-2H2;1-2,10H;1-2H2;1,3H;;;/q;;;;2*+1;-1/p-1. The second-order valence-corrected chi connectivity index (χ2v) is 9.23. The zero-order valence-electron chi connectivity index (χ0n) is 18.2. The zero-order valence-corrected chi connectivity index (χ0v) is 32.5. The largest absolute Gasteiger partial charge is 1.00 e. The second-order valence-electron chi connectivity index (χ2n) is 4.52. The van der Waals surface area contributed by atoms with E-state index in [4.69, 9.17) is 19.9 Å². The van der Waals surface area contributed by atoms with Crippen LogP contribution in [0, 0.1) is 30.4 Å². The Kier molecular flexibility index (Phi) is 37.3. The van der Waals surface area contributed by atoms with Gasteiger partial charge in [-0.05, 0) is 57.3 Å². The summed E-state index contributed by atoms with van der Waals surface area (Å²) in [7, 11) is 0. The minimum Gasteiger partial charge on any atom is -1.00 e. The Bertz CT molecular complexity index is 761. The van der Waals surface area contributed by atoms with Gasteiger partial charge < -0.3 is 21.4 Å². The van der Waals surface area contributed by atoms with Crippen LogP contribution in [-0.2, 0) is 9.68 Å². The molecule has 0 atom stereocenters. The molecule has 0 saturated carbocycles. The molecular formula is C17H15Br3F4I2K2O5. The van der Waals surface area contributed by atoms with Crippen LogP contribution < -0.4 is 113 Å². The molecule has 1 N–H and O–H groups in total. The van der Waals surface area contributed by atoms with E-state index in [-0.39, 0.29) is 120 Å². The van der Waals surface area contributed by atoms with Crippen LogP contribution >= 0.6 is 93.0 Å². The van der Waals surface area contributed by atoms with Crippen LogP contribution in [0.5, 0.6) is 11.5 Å². The van der Waals surface area contributed by atoms with Crippen LogP contribution in [0.15, 0.2) is 24.3 Å². The summed E-state index contributed by atoms with van der Waals surface area (Å²) in [5.74, 6) is -3.24. The third kappa shape index (κ3) is 23.0. The first-order valence-corrected chi connectivity index (χ1v) is 13.1. The Morgan fingerprint density at radius 2 is 1.33 bits per heavy atom. The summed E-state index contributed by atoms with van der Waals surface area (Å²) < 4.78 is 56.0. The summed E-state index contributed by atoms with van der Waals surface area (Å²) in [6, 6.07) is 3.73. The van der Waals surface area contributed by atoms with E-state index in [9.17, 15) is 17.6 Å². The number of hydrogen-bond donors (Lipinski definition) is 1. The first-order chi connectivity index (χ1) is 14.6. The van der Waals surface area contributed by atoms with Crippen LogP contribution in [0.25, 0.3) is 0 Å². The first-order valence-electron chi connectivity index (χ1n) is 7.60. The average Bonchev–Trinajstić information content (AvgIpc) is 2.72. The molecule has 5 nitrogen and oxygen atoms in total. The number of phenolic OH excluding ortho intramolecular Hbond substituents is 1. The molecule has 0 heterocycles. The van der Waals surface area contributed by atoms with Gasteiger partial charge in [0.15, 0.2) is 23.1 Å². The maximum atomic E-state index is 13.0. The molecule has 2 aromatic carbocycles. The molecule has 0 unspecified atom stereocenters. The van der Waals surface area contributed by atoms with Gasteiger partial charge in [-0.3, -0.25) is 4.79 Å². The molecule has 2 rings (SSSR count). The summed E-state index contributed by atoms with van der Waals surface area (Å²) in [5, 5.41) is 19.9. The van der Waals surface area contributed by atoms with E-state index in [0.717, 1.165) is 22.8 Å². The van der Waals surface area contributed by atoms with E-state index in [1.54, 1.807) is 22.6 Å². The van der Waals surface area contributed by atoms with Gasteiger partial charge in [0, 0.05) is 28.1 Å². The predicted molar refractivity (Wildman–Crippen MR) is 135 cm³/mol. The molecule has 2 aromatic rings. The monoisotopic (exact) mass is 944 g/mol. The van der Waals surface area contributed by atoms with Gasteiger partial charge in [-0.1, -0.05) is 47.8 Å². The molecule has 16 heteroatoms. The van der Waals surface area contributed by atoms with Crippen LogP contribution in [0.1, 0.15) is 1.43 Å². The Labute approximate surface area is 327 Å². The van der Waals surface area contributed by atoms with E-state index in [2.05, 4.69) is 52.7 Å². The number of rotatable bonds is 5. The summed E-state index contributed by atoms with van der Waals surface area (Å²) >= 11 is 13.0. The fourth-order valence-corrected chi connectivity index (χ4v) is 2.77. The van der Waals surface area contributed by atoms with Crippen LogP contribution in [0.4, 0.5) is 17.6 Å². The summed E-state index contributed by atoms with van der Waals surface area (Å²) in [6.07, 6.45) is 0. The molecule has 0 aromatic heterocycles. The van der Waals surface area contributed by atoms with Crippen molar-refractivity contribution in [3.8, 4) is 11.5 Å². The minimum atomic E-state index is -0.926. The molecule has 0 bridgehead atoms. The van der Waals surface area contributed by atoms with Crippen LogP contribution in [0.2, 0.25) is 0 Å². The number of benzene rings is 2. The van der Waals surface area contributed by atoms with Crippen molar-refractivity contribution in [2.24, 2.45) is 0 Å². The number of carbonyl (C=O) groups is 1. The average molecular weight is 947 g/mol. The van der Waals surface area contributed by atoms with Gasteiger partial charge >= 0.3 is 103 Å². The topological polar surface area (TPSA) is 78.8 Å². The number of phenols is 1. The molecular weight excluding hydrogens is 932 g/mol. The van der Waals surface area contributed by atoms with Crippen molar-refractivity contribution in [3.05, 3.63) is 54.7 Å². The van der Waals surface area contributed by atoms with E-state index in [0.29, 0.717) is 21.6 Å². The fraction of sp³-hybridized carbons (Fsp3) is 0.235. The van der Waals surface area contributed by atoms with Gasteiger partial charge in [0.2, 0.25) is 0 Å². The number of ether oxygens (including phenoxy) is 1. The van der Waals surface area contributed by atoms with Gasteiger partial charge in [0.05, 0.1) is 13.7 Å². The number of hydrogen-bond acceptors (Lipinski definition) is 5. The van der Waals surface area contributed by atoms with E-state index in [1.165, 1.54) is 6.07 Å². The predicted octanol–water partition coefficient (Wildman–Crippen LogP) is -0.0505. The number of aromatic hydroxyl groups is 1. The molecule has 0 aliphatic heterocycles. The van der Waals surface area contributed by atoms with Crippen molar-refractivity contribution in [2.45, 2.75) is 0 Å². The van der Waals surface area contributed by atoms with Crippen molar-refractivity contribution >= 4 is 99.4 Å². The third-order valence-electron chi connectivity index (χ3n) is 2.38. The molecule has 33 heavy (non-hydrogen) atoms. The SMILES string of the molecule is BrCCBr.Fc1cc(F)c(OCCBr)c(I)c1.O=CO[O-].Oc1c(F)cc(F)cc1I.[H-].[K+].[K+]. The Balaban J connectivity index is -0.000000119. The maximum absolute atomic E-state index is 13.0. The fourth-order valence-electron chi connectivity index (χ4n) is 1.34. The Morgan fingerprint density at radius 1 is 0.909 bits per heavy atom. The minimum absolute atomic E-state index is 0. The second kappa shape index (κ2) is 28.4. The van der Waals surface area contributed by atoms with Crippen molar-refractivity contribution < 1.29 is 147 Å². The third-order valence-corrected chi connectivity index (χ3v) is 6.18. The molecule has 0 spiro atoms. The van der Waals surface area contributed by atoms with Crippen LogP contribution in [-0.4, -0.2) is 34.2 Å². The zero-order chi connectivity index (χ0) is 24.4. The Hall–Kier alpha value is 3.36. The van der Waals surface area contributed by atoms with E-state index < -0.39 is 29.0 Å². The number of halogens is 9. The van der Waals surface area contributed by atoms with E-state index in [1.807, 2.05) is 22.6 Å². The Morgan fingerprint density at radius 3 is 1.67 bits per heavy atom. The van der Waals surface area contributed by atoms with Gasteiger partial charge in [0.1, 0.15) is 11.6 Å². The van der Waals surface area contributed by atoms with Gasteiger partial charge in [0.25, 0.3) is 6.47 Å². The molecule has 0 aliphatic rings. The number of alkyl halides is 3. The van der Waals surface area contributed by atoms with E-state index >= 15 is 0 Å². The summed E-state index contributed by atoms with van der Waals surface area (Å²) in [4.78, 5) is 11.2. The molecule has 0 aliphatic carbocycles. The molecule has 0 radical (unpaired) electrons. The van der Waals surface area contributed by atoms with Gasteiger partial charge in [-0.2, -0.15) is 0 Å².